The van der Waals surface area contributed by atoms with E-state index in [2.05, 4.69) is 10.3 Å². The van der Waals surface area contributed by atoms with Crippen molar-refractivity contribution in [2.75, 3.05) is 26.7 Å². The fraction of sp³-hybridized carbons (Fsp3) is 0.412. The highest BCUT2D eigenvalue weighted by Crippen LogP contribution is 2.19. The third-order valence-electron chi connectivity index (χ3n) is 4.23. The molecule has 1 atom stereocenters. The SMILES string of the molecule is CNCC1CCCN(C(=O)c2ccc(-c3ccco3)[nH]c2=O)C1.Cl. The standard InChI is InChI=1S/C17H21N3O3.ClH/c1-18-10-12-4-2-8-20(11-12)17(22)13-6-7-14(19-16(13)21)15-5-3-9-23-15;/h3,5-7,9,12,18H,2,4,8,10-11H2,1H3,(H,19,21);1H. The van der Waals surface area contributed by atoms with Crippen LogP contribution in [0, 0.1) is 5.92 Å². The molecule has 0 radical (unpaired) electrons. The fourth-order valence-electron chi connectivity index (χ4n) is 3.09. The van der Waals surface area contributed by atoms with Crippen LogP contribution in [0.5, 0.6) is 0 Å². The number of nitrogens with zero attached hydrogens (tertiary/aromatic N) is 1. The highest BCUT2D eigenvalue weighted by Gasteiger charge is 2.25. The molecule has 130 valence electrons. The van der Waals surface area contributed by atoms with Gasteiger partial charge in [-0.15, -0.1) is 12.4 Å². The Morgan fingerprint density at radius 2 is 2.25 bits per heavy atom. The Bertz CT molecular complexity index is 725. The molecule has 2 aromatic rings. The molecule has 2 aromatic heterocycles. The van der Waals surface area contributed by atoms with Crippen LogP contribution in [-0.4, -0.2) is 42.5 Å². The van der Waals surface area contributed by atoms with Crippen LogP contribution in [0.1, 0.15) is 23.2 Å². The van der Waals surface area contributed by atoms with Crippen LogP contribution < -0.4 is 10.9 Å². The van der Waals surface area contributed by atoms with Gasteiger partial charge in [0.1, 0.15) is 11.3 Å². The first-order chi connectivity index (χ1) is 11.2. The minimum absolute atomic E-state index is 0. The number of hydrogen-bond acceptors (Lipinski definition) is 4. The van der Waals surface area contributed by atoms with Crippen molar-refractivity contribution in [1.82, 2.24) is 15.2 Å². The number of rotatable bonds is 4. The monoisotopic (exact) mass is 351 g/mol. The van der Waals surface area contributed by atoms with Gasteiger partial charge >= 0.3 is 0 Å². The van der Waals surface area contributed by atoms with E-state index in [1.54, 1.807) is 35.4 Å². The van der Waals surface area contributed by atoms with Gasteiger partial charge in [-0.2, -0.15) is 0 Å². The molecule has 6 nitrogen and oxygen atoms in total. The molecule has 0 saturated carbocycles. The number of likely N-dealkylation sites (tertiary alicyclic amines) is 1. The number of aromatic nitrogens is 1. The Labute approximate surface area is 146 Å². The number of amides is 1. The van der Waals surface area contributed by atoms with Crippen LogP contribution in [0.15, 0.2) is 39.7 Å². The van der Waals surface area contributed by atoms with Gasteiger partial charge in [-0.25, -0.2) is 0 Å². The summed E-state index contributed by atoms with van der Waals surface area (Å²) in [7, 11) is 1.92. The maximum absolute atomic E-state index is 12.6. The number of halogens is 1. The lowest BCUT2D eigenvalue weighted by Crippen LogP contribution is -2.43. The van der Waals surface area contributed by atoms with E-state index in [-0.39, 0.29) is 29.4 Å². The smallest absolute Gasteiger partial charge is 0.261 e. The van der Waals surface area contributed by atoms with Crippen molar-refractivity contribution in [1.29, 1.82) is 0 Å². The molecule has 2 N–H and O–H groups in total. The summed E-state index contributed by atoms with van der Waals surface area (Å²) in [5.41, 5.74) is 0.383. The zero-order valence-corrected chi connectivity index (χ0v) is 14.4. The normalized spacial score (nSPS) is 17.4. The number of aromatic amines is 1. The molecule has 7 heteroatoms. The van der Waals surface area contributed by atoms with E-state index in [1.165, 1.54) is 0 Å². The Kier molecular flexibility index (Phi) is 6.23. The molecule has 0 aliphatic carbocycles. The van der Waals surface area contributed by atoms with Crippen molar-refractivity contribution < 1.29 is 9.21 Å². The summed E-state index contributed by atoms with van der Waals surface area (Å²) < 4.78 is 5.26. The van der Waals surface area contributed by atoms with E-state index in [9.17, 15) is 9.59 Å². The highest BCUT2D eigenvalue weighted by atomic mass is 35.5. The topological polar surface area (TPSA) is 78.3 Å². The average Bonchev–Trinajstić information content (AvgIpc) is 3.09. The van der Waals surface area contributed by atoms with Crippen LogP contribution in [-0.2, 0) is 0 Å². The molecule has 1 saturated heterocycles. The van der Waals surface area contributed by atoms with Crippen molar-refractivity contribution in [2.45, 2.75) is 12.8 Å². The predicted molar refractivity (Wildman–Crippen MR) is 94.6 cm³/mol. The summed E-state index contributed by atoms with van der Waals surface area (Å²) in [6.45, 7) is 2.29. The van der Waals surface area contributed by atoms with E-state index in [1.807, 2.05) is 7.05 Å². The number of carbonyl (C=O) groups excluding carboxylic acids is 1. The van der Waals surface area contributed by atoms with Gasteiger partial charge in [0.2, 0.25) is 0 Å². The number of carbonyl (C=O) groups is 1. The largest absolute Gasteiger partial charge is 0.463 e. The van der Waals surface area contributed by atoms with Gasteiger partial charge in [0, 0.05) is 13.1 Å². The minimum atomic E-state index is -0.375. The van der Waals surface area contributed by atoms with Crippen LogP contribution >= 0.6 is 12.4 Å². The molecule has 1 amide bonds. The third kappa shape index (κ3) is 3.88. The molecule has 1 fully saturated rings. The molecule has 1 unspecified atom stereocenters. The summed E-state index contributed by atoms with van der Waals surface area (Å²) in [6.07, 6.45) is 3.63. The number of hydrogen-bond donors (Lipinski definition) is 2. The van der Waals surface area contributed by atoms with E-state index in [0.717, 1.165) is 19.4 Å². The first-order valence-electron chi connectivity index (χ1n) is 7.90. The summed E-state index contributed by atoms with van der Waals surface area (Å²) in [4.78, 5) is 29.4. The van der Waals surface area contributed by atoms with Gasteiger partial charge in [0.05, 0.1) is 12.0 Å². The van der Waals surface area contributed by atoms with Crippen LogP contribution in [0.3, 0.4) is 0 Å². The van der Waals surface area contributed by atoms with Crippen molar-refractivity contribution in [3.63, 3.8) is 0 Å². The maximum atomic E-state index is 12.6. The lowest BCUT2D eigenvalue weighted by atomic mass is 9.97. The molecule has 0 spiro atoms. The molecule has 3 rings (SSSR count). The Morgan fingerprint density at radius 3 is 2.92 bits per heavy atom. The van der Waals surface area contributed by atoms with Crippen LogP contribution in [0.2, 0.25) is 0 Å². The highest BCUT2D eigenvalue weighted by molar-refractivity contribution is 5.94. The number of nitrogens with one attached hydrogen (secondary N) is 2. The van der Waals surface area contributed by atoms with Crippen LogP contribution in [0.4, 0.5) is 0 Å². The molecular formula is C17H22ClN3O3. The first-order valence-corrected chi connectivity index (χ1v) is 7.90. The van der Waals surface area contributed by atoms with Gasteiger partial charge in [0.25, 0.3) is 11.5 Å². The fourth-order valence-corrected chi connectivity index (χ4v) is 3.09. The van der Waals surface area contributed by atoms with Gasteiger partial charge in [-0.1, -0.05) is 0 Å². The number of pyridine rings is 1. The predicted octanol–water partition coefficient (Wildman–Crippen LogP) is 2.13. The van der Waals surface area contributed by atoms with Gasteiger partial charge in [-0.3, -0.25) is 9.59 Å². The molecule has 1 aliphatic heterocycles. The first kappa shape index (κ1) is 18.3. The minimum Gasteiger partial charge on any atom is -0.463 e. The molecule has 1 aliphatic rings. The average molecular weight is 352 g/mol. The van der Waals surface area contributed by atoms with Crippen molar-refractivity contribution in [3.05, 3.63) is 46.4 Å². The zero-order valence-electron chi connectivity index (χ0n) is 13.6. The second kappa shape index (κ2) is 8.17. The number of furan rings is 1. The molecule has 24 heavy (non-hydrogen) atoms. The lowest BCUT2D eigenvalue weighted by Gasteiger charge is -2.32. The van der Waals surface area contributed by atoms with Crippen molar-refractivity contribution >= 4 is 18.3 Å². The second-order valence-electron chi connectivity index (χ2n) is 5.91. The maximum Gasteiger partial charge on any atom is 0.261 e. The van der Waals surface area contributed by atoms with Gasteiger partial charge in [0.15, 0.2) is 0 Å². The molecule has 0 aromatic carbocycles. The summed E-state index contributed by atoms with van der Waals surface area (Å²) in [6, 6.07) is 6.81. The number of piperidine rings is 1. The van der Waals surface area contributed by atoms with Crippen molar-refractivity contribution in [2.24, 2.45) is 5.92 Å². The molecular weight excluding hydrogens is 330 g/mol. The van der Waals surface area contributed by atoms with E-state index < -0.39 is 0 Å². The summed E-state index contributed by atoms with van der Waals surface area (Å²) in [5.74, 6) is 0.824. The van der Waals surface area contributed by atoms with Crippen LogP contribution in [0.25, 0.3) is 11.5 Å². The zero-order chi connectivity index (χ0) is 16.2. The van der Waals surface area contributed by atoms with Gasteiger partial charge < -0.3 is 19.6 Å². The van der Waals surface area contributed by atoms with E-state index in [0.29, 0.717) is 30.5 Å². The van der Waals surface area contributed by atoms with Gasteiger partial charge in [-0.05, 0) is 56.6 Å². The lowest BCUT2D eigenvalue weighted by molar-refractivity contribution is 0.0672. The molecule has 3 heterocycles. The van der Waals surface area contributed by atoms with E-state index >= 15 is 0 Å². The summed E-state index contributed by atoms with van der Waals surface area (Å²) >= 11 is 0. The van der Waals surface area contributed by atoms with Crippen molar-refractivity contribution in [3.8, 4) is 11.5 Å². The second-order valence-corrected chi connectivity index (χ2v) is 5.91. The molecule has 0 bridgehead atoms. The Balaban J connectivity index is 0.00000208. The Hall–Kier alpha value is -2.05. The Morgan fingerprint density at radius 1 is 1.42 bits per heavy atom. The summed E-state index contributed by atoms with van der Waals surface area (Å²) in [5, 5.41) is 3.15. The number of H-pyrrole nitrogens is 1. The third-order valence-corrected chi connectivity index (χ3v) is 4.23. The van der Waals surface area contributed by atoms with E-state index in [4.69, 9.17) is 4.42 Å². The quantitative estimate of drug-likeness (QED) is 0.884.